The molecule has 2 rings (SSSR count). The molecule has 0 bridgehead atoms. The topological polar surface area (TPSA) is 75.6 Å². The lowest BCUT2D eigenvalue weighted by atomic mass is 10.1. The molecule has 2 aromatic carbocycles. The van der Waals surface area contributed by atoms with Crippen LogP contribution >= 0.6 is 11.6 Å². The van der Waals surface area contributed by atoms with Crippen LogP contribution in [0.1, 0.15) is 38.8 Å². The van der Waals surface area contributed by atoms with E-state index in [-0.39, 0.29) is 11.5 Å². The maximum Gasteiger partial charge on any atom is 0.335 e. The third-order valence-corrected chi connectivity index (χ3v) is 3.78. The third-order valence-electron chi connectivity index (χ3n) is 3.49. The van der Waals surface area contributed by atoms with E-state index in [0.717, 1.165) is 5.56 Å². The molecule has 0 atom stereocenters. The molecule has 0 aliphatic rings. The molecule has 0 fully saturated rings. The van der Waals surface area contributed by atoms with Crippen LogP contribution in [-0.4, -0.2) is 23.6 Å². The van der Waals surface area contributed by atoms with Crippen molar-refractivity contribution in [3.63, 3.8) is 0 Å². The molecule has 24 heavy (non-hydrogen) atoms. The van der Waals surface area contributed by atoms with Crippen LogP contribution < -0.4 is 10.1 Å². The van der Waals surface area contributed by atoms with Crippen LogP contribution in [0.15, 0.2) is 30.3 Å². The Balaban J connectivity index is 2.24. The highest BCUT2D eigenvalue weighted by molar-refractivity contribution is 6.32. The fourth-order valence-electron chi connectivity index (χ4n) is 2.37. The van der Waals surface area contributed by atoms with Crippen LogP contribution in [0.2, 0.25) is 5.02 Å². The van der Waals surface area contributed by atoms with Gasteiger partial charge in [-0.15, -0.1) is 0 Å². The lowest BCUT2D eigenvalue weighted by Crippen LogP contribution is -2.13. The standard InChI is InChI=1S/C18H18ClNO4/c1-4-24-16-11(3)7-12(9-15(16)19)17(21)20-13-5-6-14(18(22)23)10(2)8-13/h5-9H,4H2,1-3H3,(H,20,21)(H,22,23). The van der Waals surface area contributed by atoms with Gasteiger partial charge < -0.3 is 15.2 Å². The number of carboxylic acids is 1. The van der Waals surface area contributed by atoms with E-state index >= 15 is 0 Å². The average molecular weight is 348 g/mol. The molecule has 0 spiro atoms. The van der Waals surface area contributed by atoms with Gasteiger partial charge in [-0.3, -0.25) is 4.79 Å². The summed E-state index contributed by atoms with van der Waals surface area (Å²) >= 11 is 6.17. The number of hydrogen-bond donors (Lipinski definition) is 2. The number of anilines is 1. The van der Waals surface area contributed by atoms with Crippen molar-refractivity contribution >= 4 is 29.2 Å². The van der Waals surface area contributed by atoms with Gasteiger partial charge in [0.15, 0.2) is 0 Å². The second-order valence-corrected chi connectivity index (χ2v) is 5.73. The first-order chi connectivity index (χ1) is 11.3. The SMILES string of the molecule is CCOc1c(C)cc(C(=O)Nc2ccc(C(=O)O)c(C)c2)cc1Cl. The van der Waals surface area contributed by atoms with Crippen LogP contribution in [0.3, 0.4) is 0 Å². The van der Waals surface area contributed by atoms with E-state index in [1.54, 1.807) is 31.2 Å². The minimum absolute atomic E-state index is 0.202. The van der Waals surface area contributed by atoms with Crippen molar-refractivity contribution < 1.29 is 19.4 Å². The molecule has 0 aliphatic heterocycles. The molecule has 0 aromatic heterocycles. The first kappa shape index (κ1) is 17.8. The Morgan fingerprint density at radius 3 is 2.42 bits per heavy atom. The number of amides is 1. The van der Waals surface area contributed by atoms with E-state index in [4.69, 9.17) is 21.4 Å². The number of ether oxygens (including phenoxy) is 1. The Kier molecular flexibility index (Phi) is 5.46. The number of carbonyl (C=O) groups is 2. The first-order valence-corrected chi connectivity index (χ1v) is 7.79. The monoisotopic (exact) mass is 347 g/mol. The Hall–Kier alpha value is -2.53. The van der Waals surface area contributed by atoms with E-state index in [9.17, 15) is 9.59 Å². The Morgan fingerprint density at radius 1 is 1.17 bits per heavy atom. The predicted molar refractivity (Wildman–Crippen MR) is 93.4 cm³/mol. The highest BCUT2D eigenvalue weighted by Crippen LogP contribution is 2.30. The Morgan fingerprint density at radius 2 is 1.88 bits per heavy atom. The van der Waals surface area contributed by atoms with Crippen molar-refractivity contribution in [3.8, 4) is 5.75 Å². The maximum absolute atomic E-state index is 12.4. The van der Waals surface area contributed by atoms with Gasteiger partial charge in [0.05, 0.1) is 17.2 Å². The van der Waals surface area contributed by atoms with Gasteiger partial charge in [-0.05, 0) is 62.2 Å². The van der Waals surface area contributed by atoms with Crippen molar-refractivity contribution in [2.75, 3.05) is 11.9 Å². The molecule has 0 aliphatic carbocycles. The quantitative estimate of drug-likeness (QED) is 0.845. The number of nitrogens with one attached hydrogen (secondary N) is 1. The zero-order valence-electron chi connectivity index (χ0n) is 13.6. The highest BCUT2D eigenvalue weighted by atomic mass is 35.5. The van der Waals surface area contributed by atoms with E-state index in [0.29, 0.717) is 34.2 Å². The van der Waals surface area contributed by atoms with Crippen LogP contribution in [0.5, 0.6) is 5.75 Å². The minimum Gasteiger partial charge on any atom is -0.492 e. The maximum atomic E-state index is 12.4. The molecule has 0 unspecified atom stereocenters. The van der Waals surface area contributed by atoms with Crippen LogP contribution in [0.25, 0.3) is 0 Å². The Labute approximate surface area is 145 Å². The number of rotatable bonds is 5. The van der Waals surface area contributed by atoms with Gasteiger partial charge in [0.2, 0.25) is 0 Å². The van der Waals surface area contributed by atoms with Crippen molar-refractivity contribution in [2.24, 2.45) is 0 Å². The van der Waals surface area contributed by atoms with Crippen molar-refractivity contribution in [1.29, 1.82) is 0 Å². The van der Waals surface area contributed by atoms with Gasteiger partial charge >= 0.3 is 5.97 Å². The van der Waals surface area contributed by atoms with E-state index in [1.165, 1.54) is 6.07 Å². The van der Waals surface area contributed by atoms with E-state index < -0.39 is 5.97 Å². The summed E-state index contributed by atoms with van der Waals surface area (Å²) in [5, 5.41) is 12.1. The predicted octanol–water partition coefficient (Wildman–Crippen LogP) is 4.31. The molecule has 1 amide bonds. The summed E-state index contributed by atoms with van der Waals surface area (Å²) in [5.41, 5.74) is 2.46. The second-order valence-electron chi connectivity index (χ2n) is 5.33. The molecule has 0 heterocycles. The average Bonchev–Trinajstić information content (AvgIpc) is 2.50. The van der Waals surface area contributed by atoms with Crippen molar-refractivity contribution in [2.45, 2.75) is 20.8 Å². The lowest BCUT2D eigenvalue weighted by Gasteiger charge is -2.12. The number of carbonyl (C=O) groups excluding carboxylic acids is 1. The largest absolute Gasteiger partial charge is 0.492 e. The van der Waals surface area contributed by atoms with Gasteiger partial charge in [0, 0.05) is 11.3 Å². The zero-order valence-corrected chi connectivity index (χ0v) is 14.4. The lowest BCUT2D eigenvalue weighted by molar-refractivity contribution is 0.0696. The molecule has 126 valence electrons. The Bertz CT molecular complexity index is 779. The molecule has 0 saturated carbocycles. The number of aromatic carboxylic acids is 1. The smallest absolute Gasteiger partial charge is 0.335 e. The molecule has 0 saturated heterocycles. The summed E-state index contributed by atoms with van der Waals surface area (Å²) in [4.78, 5) is 23.4. The van der Waals surface area contributed by atoms with E-state index in [1.807, 2.05) is 13.8 Å². The highest BCUT2D eigenvalue weighted by Gasteiger charge is 2.14. The van der Waals surface area contributed by atoms with Crippen LogP contribution in [-0.2, 0) is 0 Å². The molecular formula is C18H18ClNO4. The van der Waals surface area contributed by atoms with Gasteiger partial charge in [-0.1, -0.05) is 11.6 Å². The van der Waals surface area contributed by atoms with Gasteiger partial charge in [-0.25, -0.2) is 4.79 Å². The zero-order chi connectivity index (χ0) is 17.9. The number of benzene rings is 2. The molecule has 6 heteroatoms. The number of hydrogen-bond acceptors (Lipinski definition) is 3. The normalized spacial score (nSPS) is 10.3. The molecule has 2 aromatic rings. The van der Waals surface area contributed by atoms with Gasteiger partial charge in [0.25, 0.3) is 5.91 Å². The second kappa shape index (κ2) is 7.36. The molecule has 5 nitrogen and oxygen atoms in total. The fourth-order valence-corrected chi connectivity index (χ4v) is 2.69. The number of carboxylic acid groups (broad SMARTS) is 1. The number of aryl methyl sites for hydroxylation is 2. The summed E-state index contributed by atoms with van der Waals surface area (Å²) < 4.78 is 5.45. The fraction of sp³-hybridized carbons (Fsp3) is 0.222. The number of halogens is 1. The van der Waals surface area contributed by atoms with Crippen LogP contribution in [0.4, 0.5) is 5.69 Å². The van der Waals surface area contributed by atoms with Crippen molar-refractivity contribution in [3.05, 3.63) is 57.6 Å². The molecular weight excluding hydrogens is 330 g/mol. The summed E-state index contributed by atoms with van der Waals surface area (Å²) in [6.45, 7) is 5.84. The molecule has 2 N–H and O–H groups in total. The summed E-state index contributed by atoms with van der Waals surface area (Å²) in [6, 6.07) is 7.88. The molecule has 0 radical (unpaired) electrons. The van der Waals surface area contributed by atoms with Gasteiger partial charge in [0.1, 0.15) is 5.75 Å². The first-order valence-electron chi connectivity index (χ1n) is 7.41. The summed E-state index contributed by atoms with van der Waals surface area (Å²) in [6.07, 6.45) is 0. The van der Waals surface area contributed by atoms with Gasteiger partial charge in [-0.2, -0.15) is 0 Å². The van der Waals surface area contributed by atoms with Crippen molar-refractivity contribution in [1.82, 2.24) is 0 Å². The van der Waals surface area contributed by atoms with Crippen LogP contribution in [0, 0.1) is 13.8 Å². The van der Waals surface area contributed by atoms with E-state index in [2.05, 4.69) is 5.32 Å². The summed E-state index contributed by atoms with van der Waals surface area (Å²) in [5.74, 6) is -0.762. The third kappa shape index (κ3) is 3.86. The summed E-state index contributed by atoms with van der Waals surface area (Å²) in [7, 11) is 0. The minimum atomic E-state index is -1.00.